The predicted molar refractivity (Wildman–Crippen MR) is 48.5 cm³/mol. The van der Waals surface area contributed by atoms with E-state index in [9.17, 15) is 26.3 Å². The van der Waals surface area contributed by atoms with E-state index in [2.05, 4.69) is 25.7 Å². The first-order valence-corrected chi connectivity index (χ1v) is 4.82. The molecule has 0 radical (unpaired) electrons. The van der Waals surface area contributed by atoms with E-state index in [1.54, 1.807) is 0 Å². The van der Waals surface area contributed by atoms with Crippen LogP contribution in [0.3, 0.4) is 0 Å². The Morgan fingerprint density at radius 1 is 1.12 bits per heavy atom. The molecule has 0 saturated heterocycles. The van der Waals surface area contributed by atoms with Crippen molar-refractivity contribution in [2.24, 2.45) is 0 Å². The van der Waals surface area contributed by atoms with Crippen molar-refractivity contribution in [1.82, 2.24) is 4.98 Å². The standard InChI is InChI=1S/C8H4BrF6NO/c9-4-2-1-3-16-5(4)17-6(7(10,11)12)8(13,14)15/h1-3,6H. The first-order valence-electron chi connectivity index (χ1n) is 4.03. The lowest BCUT2D eigenvalue weighted by Crippen LogP contribution is -2.46. The average Bonchev–Trinajstić information content (AvgIpc) is 2.12. The average molecular weight is 324 g/mol. The molecule has 0 atom stereocenters. The molecule has 0 amide bonds. The SMILES string of the molecule is FC(F)(F)C(Oc1ncccc1Br)C(F)(F)F. The van der Waals surface area contributed by atoms with Gasteiger partial charge in [-0.1, -0.05) is 0 Å². The third-order valence-corrected chi connectivity index (χ3v) is 2.15. The number of aromatic nitrogens is 1. The first-order chi connectivity index (χ1) is 7.62. The summed E-state index contributed by atoms with van der Waals surface area (Å²) < 4.78 is 76.6. The smallest absolute Gasteiger partial charge is 0.434 e. The van der Waals surface area contributed by atoms with Gasteiger partial charge >= 0.3 is 12.4 Å². The van der Waals surface area contributed by atoms with E-state index in [1.165, 1.54) is 12.1 Å². The van der Waals surface area contributed by atoms with E-state index in [1.807, 2.05) is 0 Å². The maximum absolute atomic E-state index is 12.1. The molecule has 0 unspecified atom stereocenters. The minimum absolute atomic E-state index is 0.0986. The third-order valence-electron chi connectivity index (χ3n) is 1.55. The molecule has 0 aliphatic carbocycles. The van der Waals surface area contributed by atoms with E-state index >= 15 is 0 Å². The second-order valence-electron chi connectivity index (χ2n) is 2.87. The number of hydrogen-bond donors (Lipinski definition) is 0. The van der Waals surface area contributed by atoms with Crippen molar-refractivity contribution in [2.45, 2.75) is 18.5 Å². The molecule has 17 heavy (non-hydrogen) atoms. The van der Waals surface area contributed by atoms with Gasteiger partial charge in [-0.3, -0.25) is 0 Å². The zero-order valence-corrected chi connectivity index (χ0v) is 9.40. The summed E-state index contributed by atoms with van der Waals surface area (Å²) in [6.07, 6.45) is -14.0. The largest absolute Gasteiger partial charge is 0.454 e. The Morgan fingerprint density at radius 3 is 2.06 bits per heavy atom. The van der Waals surface area contributed by atoms with Gasteiger partial charge in [0.1, 0.15) is 0 Å². The van der Waals surface area contributed by atoms with Crippen LogP contribution >= 0.6 is 15.9 Å². The molecule has 0 aliphatic heterocycles. The number of halogens is 7. The molecule has 96 valence electrons. The molecule has 1 heterocycles. The van der Waals surface area contributed by atoms with Crippen molar-refractivity contribution >= 4 is 15.9 Å². The van der Waals surface area contributed by atoms with E-state index < -0.39 is 24.3 Å². The van der Waals surface area contributed by atoms with Crippen LogP contribution in [0.1, 0.15) is 0 Å². The van der Waals surface area contributed by atoms with Crippen LogP contribution in [-0.2, 0) is 0 Å². The topological polar surface area (TPSA) is 22.1 Å². The molecule has 1 aromatic heterocycles. The lowest BCUT2D eigenvalue weighted by molar-refractivity contribution is -0.300. The van der Waals surface area contributed by atoms with E-state index in [4.69, 9.17) is 0 Å². The molecule has 9 heteroatoms. The second-order valence-corrected chi connectivity index (χ2v) is 3.73. The number of pyridine rings is 1. The van der Waals surface area contributed by atoms with Crippen molar-refractivity contribution in [3.63, 3.8) is 0 Å². The predicted octanol–water partition coefficient (Wildman–Crippen LogP) is 3.72. The Bertz CT molecular complexity index is 376. The molecule has 0 bridgehead atoms. The number of nitrogens with zero attached hydrogens (tertiary/aromatic N) is 1. The highest BCUT2D eigenvalue weighted by atomic mass is 79.9. The normalized spacial score (nSPS) is 12.9. The van der Waals surface area contributed by atoms with Gasteiger partial charge in [-0.2, -0.15) is 26.3 Å². The summed E-state index contributed by atoms with van der Waals surface area (Å²) in [7, 11) is 0. The molecule has 0 aromatic carbocycles. The third kappa shape index (κ3) is 3.76. The molecule has 0 fully saturated rings. The van der Waals surface area contributed by atoms with Crippen LogP contribution in [0.2, 0.25) is 0 Å². The summed E-state index contributed by atoms with van der Waals surface area (Å²) in [6.45, 7) is 0. The number of rotatable bonds is 2. The zero-order valence-electron chi connectivity index (χ0n) is 7.81. The van der Waals surface area contributed by atoms with Crippen molar-refractivity contribution in [3.05, 3.63) is 22.8 Å². The number of ether oxygens (including phenoxy) is 1. The van der Waals surface area contributed by atoms with Crippen LogP contribution in [-0.4, -0.2) is 23.4 Å². The summed E-state index contributed by atoms with van der Waals surface area (Å²) in [4.78, 5) is 3.28. The number of hydrogen-bond acceptors (Lipinski definition) is 2. The molecule has 2 nitrogen and oxygen atoms in total. The highest BCUT2D eigenvalue weighted by molar-refractivity contribution is 9.10. The van der Waals surface area contributed by atoms with Gasteiger partial charge < -0.3 is 4.74 Å². The molecular weight excluding hydrogens is 320 g/mol. The Balaban J connectivity index is 3.00. The maximum Gasteiger partial charge on any atom is 0.434 e. The Labute approximate surface area is 99.7 Å². The van der Waals surface area contributed by atoms with Gasteiger partial charge in [0.05, 0.1) is 4.47 Å². The Kier molecular flexibility index (Phi) is 3.90. The van der Waals surface area contributed by atoms with Crippen molar-refractivity contribution in [1.29, 1.82) is 0 Å². The molecule has 0 saturated carbocycles. The summed E-state index contributed by atoms with van der Waals surface area (Å²) in [5, 5.41) is 0. The van der Waals surface area contributed by atoms with Gasteiger partial charge in [0.15, 0.2) is 0 Å². The highest BCUT2D eigenvalue weighted by Crippen LogP contribution is 2.37. The summed E-state index contributed by atoms with van der Waals surface area (Å²) >= 11 is 2.74. The van der Waals surface area contributed by atoms with Crippen LogP contribution in [0.4, 0.5) is 26.3 Å². The summed E-state index contributed by atoms with van der Waals surface area (Å²) in [5.74, 6) is -0.771. The van der Waals surface area contributed by atoms with Crippen LogP contribution in [0.15, 0.2) is 22.8 Å². The molecule has 1 rings (SSSR count). The van der Waals surface area contributed by atoms with Gasteiger partial charge in [-0.25, -0.2) is 4.98 Å². The molecule has 0 aliphatic rings. The lowest BCUT2D eigenvalue weighted by atomic mass is 10.3. The maximum atomic E-state index is 12.1. The van der Waals surface area contributed by atoms with Gasteiger partial charge in [-0.15, -0.1) is 0 Å². The highest BCUT2D eigenvalue weighted by Gasteiger charge is 2.59. The van der Waals surface area contributed by atoms with Crippen molar-refractivity contribution < 1.29 is 31.1 Å². The van der Waals surface area contributed by atoms with Crippen LogP contribution < -0.4 is 4.74 Å². The minimum Gasteiger partial charge on any atom is -0.454 e. The zero-order chi connectivity index (χ0) is 13.3. The Morgan fingerprint density at radius 2 is 1.65 bits per heavy atom. The molecule has 0 N–H and O–H groups in total. The fraction of sp³-hybridized carbons (Fsp3) is 0.375. The van der Waals surface area contributed by atoms with Crippen molar-refractivity contribution in [3.8, 4) is 5.88 Å². The second kappa shape index (κ2) is 4.71. The van der Waals surface area contributed by atoms with E-state index in [0.29, 0.717) is 0 Å². The molecule has 1 aromatic rings. The fourth-order valence-electron chi connectivity index (χ4n) is 0.889. The van der Waals surface area contributed by atoms with Crippen molar-refractivity contribution in [2.75, 3.05) is 0 Å². The van der Waals surface area contributed by atoms with Gasteiger partial charge in [0.2, 0.25) is 5.88 Å². The molecule has 0 spiro atoms. The van der Waals surface area contributed by atoms with E-state index in [-0.39, 0.29) is 4.47 Å². The number of alkyl halides is 6. The van der Waals surface area contributed by atoms with Crippen LogP contribution in [0.5, 0.6) is 5.88 Å². The minimum atomic E-state index is -5.56. The lowest BCUT2D eigenvalue weighted by Gasteiger charge is -2.23. The van der Waals surface area contributed by atoms with Gasteiger partial charge in [0, 0.05) is 6.20 Å². The summed E-state index contributed by atoms with van der Waals surface area (Å²) in [5.41, 5.74) is 0. The first kappa shape index (κ1) is 14.1. The fourth-order valence-corrected chi connectivity index (χ4v) is 1.24. The monoisotopic (exact) mass is 323 g/mol. The van der Waals surface area contributed by atoms with Crippen LogP contribution in [0, 0.1) is 0 Å². The quantitative estimate of drug-likeness (QED) is 0.774. The van der Waals surface area contributed by atoms with E-state index in [0.717, 1.165) is 6.20 Å². The Hall–Kier alpha value is -0.990. The molecular formula is C8H4BrF6NO. The van der Waals surface area contributed by atoms with Gasteiger partial charge in [0.25, 0.3) is 6.10 Å². The summed E-state index contributed by atoms with van der Waals surface area (Å²) in [6, 6.07) is 2.54. The van der Waals surface area contributed by atoms with Crippen LogP contribution in [0.25, 0.3) is 0 Å². The van der Waals surface area contributed by atoms with Gasteiger partial charge in [-0.05, 0) is 28.1 Å².